The van der Waals surface area contributed by atoms with Crippen LogP contribution in [0.25, 0.3) is 10.9 Å². The van der Waals surface area contributed by atoms with Crippen molar-refractivity contribution < 1.29 is 8.78 Å². The van der Waals surface area contributed by atoms with Gasteiger partial charge in [-0.1, -0.05) is 15.9 Å². The number of aromatic nitrogens is 1. The Hall–Kier alpha value is -1.23. The number of rotatable bonds is 3. The number of pyridine rings is 1. The molecule has 1 heterocycles. The Morgan fingerprint density at radius 2 is 2.06 bits per heavy atom. The molecule has 0 spiro atoms. The van der Waals surface area contributed by atoms with E-state index in [1.54, 1.807) is 0 Å². The number of nitrogens with one attached hydrogen (secondary N) is 1. The topological polar surface area (TPSA) is 24.9 Å². The van der Waals surface area contributed by atoms with E-state index in [0.29, 0.717) is 17.7 Å². The molecule has 0 atom stereocenters. The summed E-state index contributed by atoms with van der Waals surface area (Å²) in [5, 5.41) is 3.96. The molecule has 1 N–H and O–H groups in total. The number of benzene rings is 1. The normalized spacial score (nSPS) is 11.2. The van der Waals surface area contributed by atoms with Crippen molar-refractivity contribution in [1.82, 2.24) is 4.98 Å². The molecule has 1 aromatic heterocycles. The molecular weight excluding hydrogens is 302 g/mol. The predicted molar refractivity (Wildman–Crippen MR) is 73.3 cm³/mol. The lowest BCUT2D eigenvalue weighted by Crippen LogP contribution is -2.02. The number of alkyl halides is 2. The van der Waals surface area contributed by atoms with Crippen molar-refractivity contribution in [2.45, 2.75) is 20.3 Å². The molecule has 2 aromatic rings. The van der Waals surface area contributed by atoms with E-state index in [1.165, 1.54) is 6.07 Å². The molecular formula is C13H13BrF2N2. The molecule has 5 heteroatoms. The van der Waals surface area contributed by atoms with Crippen LogP contribution in [-0.4, -0.2) is 11.5 Å². The van der Waals surface area contributed by atoms with E-state index in [0.717, 1.165) is 15.4 Å². The van der Waals surface area contributed by atoms with Crippen LogP contribution in [0.3, 0.4) is 0 Å². The van der Waals surface area contributed by atoms with E-state index < -0.39 is 6.43 Å². The van der Waals surface area contributed by atoms with Gasteiger partial charge in [0, 0.05) is 22.1 Å². The van der Waals surface area contributed by atoms with Crippen molar-refractivity contribution in [3.63, 3.8) is 0 Å². The highest BCUT2D eigenvalue weighted by atomic mass is 79.9. The summed E-state index contributed by atoms with van der Waals surface area (Å²) in [6.07, 6.45) is -2.56. The van der Waals surface area contributed by atoms with Gasteiger partial charge in [0.15, 0.2) is 0 Å². The van der Waals surface area contributed by atoms with Crippen LogP contribution in [0.15, 0.2) is 22.7 Å². The van der Waals surface area contributed by atoms with Gasteiger partial charge in [0.25, 0.3) is 6.43 Å². The van der Waals surface area contributed by atoms with Crippen molar-refractivity contribution in [3.8, 4) is 0 Å². The number of halogens is 3. The number of nitrogens with zero attached hydrogens (tertiary/aromatic N) is 1. The summed E-state index contributed by atoms with van der Waals surface area (Å²) in [6.45, 7) is 4.47. The van der Waals surface area contributed by atoms with Crippen LogP contribution < -0.4 is 5.32 Å². The molecule has 96 valence electrons. The number of hydrogen-bond donors (Lipinski definition) is 1. The summed E-state index contributed by atoms with van der Waals surface area (Å²) in [6, 6.07) is 5.19. The second-order valence-corrected chi connectivity index (χ2v) is 4.96. The van der Waals surface area contributed by atoms with E-state index in [4.69, 9.17) is 0 Å². The molecule has 18 heavy (non-hydrogen) atoms. The van der Waals surface area contributed by atoms with Gasteiger partial charge >= 0.3 is 0 Å². The van der Waals surface area contributed by atoms with Gasteiger partial charge in [0.2, 0.25) is 0 Å². The molecule has 0 aliphatic rings. The lowest BCUT2D eigenvalue weighted by atomic mass is 10.1. The summed E-state index contributed by atoms with van der Waals surface area (Å²) in [4.78, 5) is 4.05. The first kappa shape index (κ1) is 13.2. The van der Waals surface area contributed by atoms with E-state index in [2.05, 4.69) is 26.2 Å². The maximum absolute atomic E-state index is 12.8. The minimum atomic E-state index is -2.56. The third kappa shape index (κ3) is 2.46. The Balaban J connectivity index is 2.76. The van der Waals surface area contributed by atoms with Gasteiger partial charge in [0.05, 0.1) is 5.52 Å². The maximum atomic E-state index is 12.8. The highest BCUT2D eigenvalue weighted by Gasteiger charge is 2.14. The molecule has 2 nitrogen and oxygen atoms in total. The highest BCUT2D eigenvalue weighted by Crippen LogP contribution is 2.31. The van der Waals surface area contributed by atoms with E-state index in [-0.39, 0.29) is 5.69 Å². The fourth-order valence-electron chi connectivity index (χ4n) is 1.92. The zero-order chi connectivity index (χ0) is 13.3. The van der Waals surface area contributed by atoms with E-state index in [9.17, 15) is 8.78 Å². The molecule has 0 aliphatic carbocycles. The second-order valence-electron chi connectivity index (χ2n) is 4.04. The van der Waals surface area contributed by atoms with Crippen LogP contribution in [0.5, 0.6) is 0 Å². The SMILES string of the molecule is CCNc1cc(C(F)F)nc2c(C)cc(Br)cc12. The number of aryl methyl sites for hydroxylation is 1. The smallest absolute Gasteiger partial charge is 0.280 e. The van der Waals surface area contributed by atoms with Crippen LogP contribution in [0.4, 0.5) is 14.5 Å². The zero-order valence-electron chi connectivity index (χ0n) is 10.1. The van der Waals surface area contributed by atoms with Crippen LogP contribution in [0.1, 0.15) is 24.6 Å². The van der Waals surface area contributed by atoms with Gasteiger partial charge in [-0.3, -0.25) is 0 Å². The van der Waals surface area contributed by atoms with Crippen molar-refractivity contribution in [1.29, 1.82) is 0 Å². The van der Waals surface area contributed by atoms with Crippen molar-refractivity contribution in [2.24, 2.45) is 0 Å². The average molecular weight is 315 g/mol. The molecule has 0 fully saturated rings. The fraction of sp³-hybridized carbons (Fsp3) is 0.308. The molecule has 0 unspecified atom stereocenters. The molecule has 0 bridgehead atoms. The van der Waals surface area contributed by atoms with Gasteiger partial charge < -0.3 is 5.32 Å². The predicted octanol–water partition coefficient (Wildman–Crippen LogP) is 4.68. The van der Waals surface area contributed by atoms with Crippen molar-refractivity contribution in [2.75, 3.05) is 11.9 Å². The number of hydrogen-bond acceptors (Lipinski definition) is 2. The minimum absolute atomic E-state index is 0.191. The van der Waals surface area contributed by atoms with E-state index >= 15 is 0 Å². The van der Waals surface area contributed by atoms with Gasteiger partial charge in [0.1, 0.15) is 5.69 Å². The Kier molecular flexibility index (Phi) is 3.80. The summed E-state index contributed by atoms with van der Waals surface area (Å²) in [5.74, 6) is 0. The second kappa shape index (κ2) is 5.18. The van der Waals surface area contributed by atoms with Crippen molar-refractivity contribution in [3.05, 3.63) is 33.9 Å². The molecule has 0 saturated heterocycles. The lowest BCUT2D eigenvalue weighted by Gasteiger charge is -2.12. The van der Waals surface area contributed by atoms with Crippen LogP contribution in [0, 0.1) is 6.92 Å². The van der Waals surface area contributed by atoms with Gasteiger partial charge in [-0.05, 0) is 37.6 Å². The molecule has 0 amide bonds. The summed E-state index contributed by atoms with van der Waals surface area (Å²) in [5.41, 5.74) is 2.00. The van der Waals surface area contributed by atoms with Gasteiger partial charge in [-0.2, -0.15) is 0 Å². The van der Waals surface area contributed by atoms with Gasteiger partial charge in [-0.25, -0.2) is 13.8 Å². The monoisotopic (exact) mass is 314 g/mol. The summed E-state index contributed by atoms with van der Waals surface area (Å²) in [7, 11) is 0. The van der Waals surface area contributed by atoms with E-state index in [1.807, 2.05) is 26.0 Å². The third-order valence-electron chi connectivity index (χ3n) is 2.68. The van der Waals surface area contributed by atoms with Crippen LogP contribution >= 0.6 is 15.9 Å². The molecule has 2 rings (SSSR count). The summed E-state index contributed by atoms with van der Waals surface area (Å²) < 4.78 is 26.6. The van der Waals surface area contributed by atoms with Crippen molar-refractivity contribution >= 4 is 32.5 Å². The largest absolute Gasteiger partial charge is 0.385 e. The molecule has 0 aliphatic heterocycles. The van der Waals surface area contributed by atoms with Crippen LogP contribution in [0.2, 0.25) is 0 Å². The first-order valence-electron chi connectivity index (χ1n) is 5.65. The maximum Gasteiger partial charge on any atom is 0.280 e. The average Bonchev–Trinajstić information content (AvgIpc) is 2.29. The standard InChI is InChI=1S/C13H13BrF2N2/c1-3-17-10-6-11(13(15)16)18-12-7(2)4-8(14)5-9(10)12/h4-6,13H,3H2,1-2H3,(H,17,18). The molecule has 1 aromatic carbocycles. The first-order valence-corrected chi connectivity index (χ1v) is 6.45. The lowest BCUT2D eigenvalue weighted by molar-refractivity contribution is 0.146. The van der Waals surface area contributed by atoms with Gasteiger partial charge in [-0.15, -0.1) is 0 Å². The highest BCUT2D eigenvalue weighted by molar-refractivity contribution is 9.10. The Bertz CT molecular complexity index is 585. The Labute approximate surface area is 113 Å². The quantitative estimate of drug-likeness (QED) is 0.890. The third-order valence-corrected chi connectivity index (χ3v) is 3.14. The Morgan fingerprint density at radius 3 is 2.67 bits per heavy atom. The van der Waals surface area contributed by atoms with Crippen LogP contribution in [-0.2, 0) is 0 Å². The number of anilines is 1. The first-order chi connectivity index (χ1) is 8.52. The number of fused-ring (bicyclic) bond motifs is 1. The minimum Gasteiger partial charge on any atom is -0.385 e. The molecule has 0 saturated carbocycles. The molecule has 0 radical (unpaired) electrons. The fourth-order valence-corrected chi connectivity index (χ4v) is 2.50. The zero-order valence-corrected chi connectivity index (χ0v) is 11.7. The summed E-state index contributed by atoms with van der Waals surface area (Å²) >= 11 is 3.41. The Morgan fingerprint density at radius 1 is 1.33 bits per heavy atom.